The van der Waals surface area contributed by atoms with Crippen LogP contribution in [0.5, 0.6) is 0 Å². The molecule has 1 heterocycles. The van der Waals surface area contributed by atoms with E-state index >= 15 is 0 Å². The van der Waals surface area contributed by atoms with Gasteiger partial charge < -0.3 is 16.2 Å². The number of carboxylic acid groups (broad SMARTS) is 1. The fraction of sp³-hybridized carbons (Fsp3) is 0. The molecule has 0 radical (unpaired) electrons. The van der Waals surface area contributed by atoms with Crippen LogP contribution in [0.1, 0.15) is 15.9 Å². The van der Waals surface area contributed by atoms with Crippen LogP contribution in [0.4, 0.5) is 17.2 Å². The minimum absolute atomic E-state index is 0.0304. The molecule has 0 unspecified atom stereocenters. The zero-order valence-electron chi connectivity index (χ0n) is 9.79. The highest BCUT2D eigenvalue weighted by molar-refractivity contribution is 5.89. The van der Waals surface area contributed by atoms with E-state index in [9.17, 15) is 4.79 Å². The first-order valence-corrected chi connectivity index (χ1v) is 5.36. The Balaban J connectivity index is 2.23. The molecule has 0 amide bonds. The molecule has 6 nitrogen and oxygen atoms in total. The highest BCUT2D eigenvalue weighted by Crippen LogP contribution is 2.21. The zero-order chi connectivity index (χ0) is 13.8. The number of hydrogen-bond donors (Lipinski definition) is 3. The van der Waals surface area contributed by atoms with Crippen molar-refractivity contribution in [2.24, 2.45) is 0 Å². The van der Waals surface area contributed by atoms with Crippen molar-refractivity contribution in [1.82, 2.24) is 4.98 Å². The quantitative estimate of drug-likeness (QED) is 0.772. The first-order chi connectivity index (χ1) is 9.10. The van der Waals surface area contributed by atoms with Crippen molar-refractivity contribution in [3.05, 3.63) is 47.7 Å². The molecule has 2 rings (SSSR count). The van der Waals surface area contributed by atoms with Gasteiger partial charge in [0.1, 0.15) is 0 Å². The molecule has 0 bridgehead atoms. The van der Waals surface area contributed by atoms with Crippen molar-refractivity contribution >= 4 is 23.2 Å². The highest BCUT2D eigenvalue weighted by atomic mass is 16.4. The number of nitriles is 1. The van der Waals surface area contributed by atoms with E-state index in [1.807, 2.05) is 6.07 Å². The summed E-state index contributed by atoms with van der Waals surface area (Å²) in [5.41, 5.74) is 7.25. The number of carbonyl (C=O) groups is 1. The van der Waals surface area contributed by atoms with Gasteiger partial charge in [0.15, 0.2) is 5.82 Å². The third-order valence-electron chi connectivity index (χ3n) is 2.44. The molecule has 0 atom stereocenters. The Morgan fingerprint density at radius 2 is 2.05 bits per heavy atom. The molecule has 2 aromatic rings. The summed E-state index contributed by atoms with van der Waals surface area (Å²) in [6.07, 6.45) is 1.23. The summed E-state index contributed by atoms with van der Waals surface area (Å²) < 4.78 is 0. The Morgan fingerprint density at radius 1 is 1.37 bits per heavy atom. The van der Waals surface area contributed by atoms with Gasteiger partial charge in [-0.2, -0.15) is 5.26 Å². The molecule has 0 saturated heterocycles. The Hall–Kier alpha value is -3.07. The first-order valence-electron chi connectivity index (χ1n) is 5.36. The molecular weight excluding hydrogens is 244 g/mol. The van der Waals surface area contributed by atoms with Crippen molar-refractivity contribution in [2.75, 3.05) is 11.1 Å². The minimum atomic E-state index is -1.08. The van der Waals surface area contributed by atoms with Gasteiger partial charge >= 0.3 is 5.97 Å². The van der Waals surface area contributed by atoms with Gasteiger partial charge in [0.25, 0.3) is 0 Å². The van der Waals surface area contributed by atoms with E-state index in [1.54, 1.807) is 24.3 Å². The van der Waals surface area contributed by atoms with Gasteiger partial charge in [-0.05, 0) is 30.3 Å². The van der Waals surface area contributed by atoms with Gasteiger partial charge in [-0.3, -0.25) is 0 Å². The fourth-order valence-corrected chi connectivity index (χ4v) is 1.47. The summed E-state index contributed by atoms with van der Waals surface area (Å²) in [5.74, 6) is -0.709. The van der Waals surface area contributed by atoms with Crippen LogP contribution in [-0.4, -0.2) is 16.1 Å². The summed E-state index contributed by atoms with van der Waals surface area (Å²) in [5, 5.41) is 20.4. The smallest absolute Gasteiger partial charge is 0.337 e. The second kappa shape index (κ2) is 5.06. The lowest BCUT2D eigenvalue weighted by molar-refractivity contribution is 0.0696. The van der Waals surface area contributed by atoms with Crippen molar-refractivity contribution in [2.45, 2.75) is 0 Å². The SMILES string of the molecule is N#Cc1ccc(Nc2ncc(C(=O)O)cc2N)cc1. The average Bonchev–Trinajstić information content (AvgIpc) is 2.41. The van der Waals surface area contributed by atoms with Crippen LogP contribution in [-0.2, 0) is 0 Å². The topological polar surface area (TPSA) is 112 Å². The van der Waals surface area contributed by atoms with E-state index in [0.717, 1.165) is 0 Å². The summed E-state index contributed by atoms with van der Waals surface area (Å²) in [6, 6.07) is 10.1. The number of aromatic carboxylic acids is 1. The monoisotopic (exact) mass is 254 g/mol. The maximum Gasteiger partial charge on any atom is 0.337 e. The third-order valence-corrected chi connectivity index (χ3v) is 2.44. The average molecular weight is 254 g/mol. The maximum atomic E-state index is 10.7. The van der Waals surface area contributed by atoms with Crippen molar-refractivity contribution in [3.63, 3.8) is 0 Å². The normalized spacial score (nSPS) is 9.63. The number of benzene rings is 1. The molecule has 0 aliphatic heterocycles. The number of anilines is 3. The van der Waals surface area contributed by atoms with E-state index in [2.05, 4.69) is 10.3 Å². The second-order valence-electron chi connectivity index (χ2n) is 3.78. The molecule has 0 fully saturated rings. The Bertz CT molecular complexity index is 659. The Morgan fingerprint density at radius 3 is 2.58 bits per heavy atom. The number of nitrogens with one attached hydrogen (secondary N) is 1. The molecule has 0 aliphatic carbocycles. The van der Waals surface area contributed by atoms with E-state index in [-0.39, 0.29) is 11.3 Å². The highest BCUT2D eigenvalue weighted by Gasteiger charge is 2.07. The van der Waals surface area contributed by atoms with Crippen LogP contribution in [0.2, 0.25) is 0 Å². The third kappa shape index (κ3) is 2.79. The zero-order valence-corrected chi connectivity index (χ0v) is 9.79. The molecule has 0 saturated carbocycles. The number of aromatic nitrogens is 1. The van der Waals surface area contributed by atoms with E-state index < -0.39 is 5.97 Å². The molecule has 94 valence electrons. The van der Waals surface area contributed by atoms with Crippen LogP contribution in [0, 0.1) is 11.3 Å². The Kier molecular flexibility index (Phi) is 3.30. The van der Waals surface area contributed by atoms with Crippen LogP contribution >= 0.6 is 0 Å². The minimum Gasteiger partial charge on any atom is -0.478 e. The van der Waals surface area contributed by atoms with Gasteiger partial charge in [-0.25, -0.2) is 9.78 Å². The lowest BCUT2D eigenvalue weighted by Gasteiger charge is -2.08. The van der Waals surface area contributed by atoms with Crippen LogP contribution in [0.3, 0.4) is 0 Å². The largest absolute Gasteiger partial charge is 0.478 e. The van der Waals surface area contributed by atoms with Gasteiger partial charge in [0, 0.05) is 11.9 Å². The summed E-state index contributed by atoms with van der Waals surface area (Å²) in [7, 11) is 0. The lowest BCUT2D eigenvalue weighted by Crippen LogP contribution is -2.03. The van der Waals surface area contributed by atoms with Gasteiger partial charge in [-0.15, -0.1) is 0 Å². The van der Waals surface area contributed by atoms with Gasteiger partial charge in [-0.1, -0.05) is 0 Å². The van der Waals surface area contributed by atoms with Crippen molar-refractivity contribution < 1.29 is 9.90 Å². The maximum absolute atomic E-state index is 10.7. The molecular formula is C13H10N4O2. The predicted octanol–water partition coefficient (Wildman–Crippen LogP) is 1.98. The lowest BCUT2D eigenvalue weighted by atomic mass is 10.2. The summed E-state index contributed by atoms with van der Waals surface area (Å²) >= 11 is 0. The molecule has 0 spiro atoms. The number of hydrogen-bond acceptors (Lipinski definition) is 5. The number of nitrogen functional groups attached to an aromatic ring is 1. The molecule has 19 heavy (non-hydrogen) atoms. The summed E-state index contributed by atoms with van der Waals surface area (Å²) in [4.78, 5) is 14.7. The fourth-order valence-electron chi connectivity index (χ4n) is 1.47. The second-order valence-corrected chi connectivity index (χ2v) is 3.78. The van der Waals surface area contributed by atoms with Crippen LogP contribution in [0.15, 0.2) is 36.5 Å². The van der Waals surface area contributed by atoms with Crippen molar-refractivity contribution in [1.29, 1.82) is 5.26 Å². The van der Waals surface area contributed by atoms with Crippen molar-refractivity contribution in [3.8, 4) is 6.07 Å². The van der Waals surface area contributed by atoms with Gasteiger partial charge in [0.2, 0.25) is 0 Å². The predicted molar refractivity (Wildman–Crippen MR) is 70.0 cm³/mol. The molecule has 0 aliphatic rings. The molecule has 4 N–H and O–H groups in total. The summed E-state index contributed by atoms with van der Waals surface area (Å²) in [6.45, 7) is 0. The number of rotatable bonds is 3. The number of nitrogens with zero attached hydrogens (tertiary/aromatic N) is 2. The van der Waals surface area contributed by atoms with E-state index in [4.69, 9.17) is 16.1 Å². The molecule has 1 aromatic heterocycles. The van der Waals surface area contributed by atoms with E-state index in [1.165, 1.54) is 12.3 Å². The number of pyridine rings is 1. The van der Waals surface area contributed by atoms with Crippen LogP contribution < -0.4 is 11.1 Å². The molecule has 1 aromatic carbocycles. The first kappa shape index (κ1) is 12.4. The molecule has 6 heteroatoms. The number of carboxylic acids is 1. The van der Waals surface area contributed by atoms with Crippen LogP contribution in [0.25, 0.3) is 0 Å². The van der Waals surface area contributed by atoms with E-state index in [0.29, 0.717) is 17.1 Å². The number of nitrogens with two attached hydrogens (primary N) is 1. The standard InChI is InChI=1S/C13H10N4O2/c14-6-8-1-3-10(4-2-8)17-12-11(15)5-9(7-16-12)13(18)19/h1-5,7H,15H2,(H,16,17)(H,18,19). The van der Waals surface area contributed by atoms with Gasteiger partial charge in [0.05, 0.1) is 22.9 Å². The Labute approximate surface area is 109 Å².